The van der Waals surface area contributed by atoms with E-state index >= 15 is 0 Å². The summed E-state index contributed by atoms with van der Waals surface area (Å²) in [7, 11) is 0. The zero-order valence-electron chi connectivity index (χ0n) is 11.0. The third-order valence-corrected chi connectivity index (χ3v) is 4.20. The van der Waals surface area contributed by atoms with Gasteiger partial charge in [-0.2, -0.15) is 0 Å². The summed E-state index contributed by atoms with van der Waals surface area (Å²) >= 11 is 0. The molecule has 1 fully saturated rings. The Kier molecular flexibility index (Phi) is 4.61. The van der Waals surface area contributed by atoms with Gasteiger partial charge < -0.3 is 5.73 Å². The van der Waals surface area contributed by atoms with Crippen molar-refractivity contribution in [2.45, 2.75) is 45.4 Å². The summed E-state index contributed by atoms with van der Waals surface area (Å²) in [5.41, 5.74) is 8.82. The van der Waals surface area contributed by atoms with Gasteiger partial charge in [-0.3, -0.25) is 0 Å². The van der Waals surface area contributed by atoms with Gasteiger partial charge in [0, 0.05) is 0 Å². The van der Waals surface area contributed by atoms with E-state index < -0.39 is 0 Å². The molecule has 1 atom stereocenters. The Labute approximate surface area is 105 Å². The molecular formula is C16H25N. The smallest absolute Gasteiger partial charge is 0.00430 e. The molecule has 2 N–H and O–H groups in total. The van der Waals surface area contributed by atoms with Crippen LogP contribution in [0.15, 0.2) is 24.3 Å². The van der Waals surface area contributed by atoms with Crippen molar-refractivity contribution in [3.05, 3.63) is 35.4 Å². The largest absolute Gasteiger partial charge is 0.330 e. The molecule has 17 heavy (non-hydrogen) atoms. The van der Waals surface area contributed by atoms with Crippen LogP contribution < -0.4 is 5.73 Å². The van der Waals surface area contributed by atoms with Gasteiger partial charge in [-0.25, -0.2) is 0 Å². The molecule has 2 rings (SSSR count). The number of hydrogen-bond donors (Lipinski definition) is 1. The molecule has 94 valence electrons. The van der Waals surface area contributed by atoms with Crippen molar-refractivity contribution in [1.29, 1.82) is 0 Å². The molecule has 1 aromatic rings. The Morgan fingerprint density at radius 3 is 2.65 bits per heavy atom. The fourth-order valence-corrected chi connectivity index (χ4v) is 3.19. The second-order valence-electron chi connectivity index (χ2n) is 5.59. The van der Waals surface area contributed by atoms with Crippen LogP contribution in [0.5, 0.6) is 0 Å². The molecule has 1 aromatic carbocycles. The normalized spacial score (nSPS) is 19.2. The van der Waals surface area contributed by atoms with Gasteiger partial charge >= 0.3 is 0 Å². The molecule has 0 aromatic heterocycles. The summed E-state index contributed by atoms with van der Waals surface area (Å²) in [4.78, 5) is 0. The molecule has 1 unspecified atom stereocenters. The minimum atomic E-state index is 0.692. The molecule has 0 spiro atoms. The predicted molar refractivity (Wildman–Crippen MR) is 74.0 cm³/mol. The van der Waals surface area contributed by atoms with E-state index in [4.69, 9.17) is 5.73 Å². The second-order valence-corrected chi connectivity index (χ2v) is 5.59. The molecule has 0 radical (unpaired) electrons. The van der Waals surface area contributed by atoms with Crippen molar-refractivity contribution in [2.75, 3.05) is 6.54 Å². The first kappa shape index (κ1) is 12.6. The molecule has 1 aliphatic carbocycles. The van der Waals surface area contributed by atoms with E-state index in [1.54, 1.807) is 0 Å². The SMILES string of the molecule is Cc1cccc(CC(CN)C2CCCCC2)c1. The van der Waals surface area contributed by atoms with Crippen LogP contribution in [0.25, 0.3) is 0 Å². The number of rotatable bonds is 4. The molecule has 0 heterocycles. The van der Waals surface area contributed by atoms with Crippen LogP contribution in [-0.2, 0) is 6.42 Å². The minimum absolute atomic E-state index is 0.692. The van der Waals surface area contributed by atoms with Gasteiger partial charge in [0.2, 0.25) is 0 Å². The summed E-state index contributed by atoms with van der Waals surface area (Å²) in [6.45, 7) is 3.01. The first-order valence-electron chi connectivity index (χ1n) is 7.05. The van der Waals surface area contributed by atoms with E-state index in [2.05, 4.69) is 31.2 Å². The predicted octanol–water partition coefficient (Wildman–Crippen LogP) is 3.69. The van der Waals surface area contributed by atoms with E-state index in [1.807, 2.05) is 0 Å². The Hall–Kier alpha value is -0.820. The van der Waals surface area contributed by atoms with Crippen LogP contribution in [0.3, 0.4) is 0 Å². The van der Waals surface area contributed by atoms with Crippen LogP contribution in [0.2, 0.25) is 0 Å². The van der Waals surface area contributed by atoms with Gasteiger partial charge in [0.1, 0.15) is 0 Å². The van der Waals surface area contributed by atoms with Crippen LogP contribution in [-0.4, -0.2) is 6.54 Å². The molecule has 0 bridgehead atoms. The molecule has 1 saturated carbocycles. The van der Waals surface area contributed by atoms with E-state index in [1.165, 1.54) is 49.7 Å². The van der Waals surface area contributed by atoms with Crippen molar-refractivity contribution >= 4 is 0 Å². The topological polar surface area (TPSA) is 26.0 Å². The van der Waals surface area contributed by atoms with Gasteiger partial charge in [0.15, 0.2) is 0 Å². The van der Waals surface area contributed by atoms with E-state index in [0.29, 0.717) is 5.92 Å². The summed E-state index contributed by atoms with van der Waals surface area (Å²) in [6, 6.07) is 8.89. The van der Waals surface area contributed by atoms with Crippen LogP contribution >= 0.6 is 0 Å². The van der Waals surface area contributed by atoms with Crippen LogP contribution in [0.4, 0.5) is 0 Å². The number of hydrogen-bond acceptors (Lipinski definition) is 1. The quantitative estimate of drug-likeness (QED) is 0.840. The highest BCUT2D eigenvalue weighted by atomic mass is 14.6. The zero-order valence-corrected chi connectivity index (χ0v) is 11.0. The highest BCUT2D eigenvalue weighted by Crippen LogP contribution is 2.31. The summed E-state index contributed by atoms with van der Waals surface area (Å²) in [5.74, 6) is 1.56. The number of benzene rings is 1. The average Bonchev–Trinajstić information content (AvgIpc) is 2.37. The van der Waals surface area contributed by atoms with E-state index in [-0.39, 0.29) is 0 Å². The molecule has 0 saturated heterocycles. The Bertz CT molecular complexity index is 339. The molecule has 1 nitrogen and oxygen atoms in total. The lowest BCUT2D eigenvalue weighted by Gasteiger charge is -2.29. The number of aryl methyl sites for hydroxylation is 1. The van der Waals surface area contributed by atoms with Gasteiger partial charge in [-0.05, 0) is 37.3 Å². The van der Waals surface area contributed by atoms with Crippen molar-refractivity contribution in [3.63, 3.8) is 0 Å². The molecular weight excluding hydrogens is 206 g/mol. The molecule has 1 aliphatic rings. The Morgan fingerprint density at radius 2 is 2.00 bits per heavy atom. The van der Waals surface area contributed by atoms with Gasteiger partial charge in [0.05, 0.1) is 0 Å². The third-order valence-electron chi connectivity index (χ3n) is 4.20. The average molecular weight is 231 g/mol. The van der Waals surface area contributed by atoms with Crippen LogP contribution in [0.1, 0.15) is 43.2 Å². The first-order valence-corrected chi connectivity index (χ1v) is 7.05. The maximum Gasteiger partial charge on any atom is -0.00430 e. The fraction of sp³-hybridized carbons (Fsp3) is 0.625. The maximum atomic E-state index is 5.99. The lowest BCUT2D eigenvalue weighted by molar-refractivity contribution is 0.251. The van der Waals surface area contributed by atoms with E-state index in [0.717, 1.165) is 12.5 Å². The standard InChI is InChI=1S/C16H25N/c1-13-6-5-7-14(10-13)11-16(12-17)15-8-3-2-4-9-15/h5-7,10,15-16H,2-4,8-9,11-12,17H2,1H3. The first-order chi connectivity index (χ1) is 8.29. The fourth-order valence-electron chi connectivity index (χ4n) is 3.19. The summed E-state index contributed by atoms with van der Waals surface area (Å²) in [6.07, 6.45) is 8.21. The summed E-state index contributed by atoms with van der Waals surface area (Å²) in [5, 5.41) is 0. The van der Waals surface area contributed by atoms with Gasteiger partial charge in [-0.1, -0.05) is 61.9 Å². The Balaban J connectivity index is 1.98. The van der Waals surface area contributed by atoms with Crippen molar-refractivity contribution < 1.29 is 0 Å². The van der Waals surface area contributed by atoms with Gasteiger partial charge in [0.25, 0.3) is 0 Å². The molecule has 0 aliphatic heterocycles. The highest BCUT2D eigenvalue weighted by molar-refractivity contribution is 5.22. The molecule has 1 heteroatoms. The zero-order chi connectivity index (χ0) is 12.1. The number of nitrogens with two attached hydrogens (primary N) is 1. The summed E-state index contributed by atoms with van der Waals surface area (Å²) < 4.78 is 0. The monoisotopic (exact) mass is 231 g/mol. The van der Waals surface area contributed by atoms with Crippen molar-refractivity contribution in [3.8, 4) is 0 Å². The highest BCUT2D eigenvalue weighted by Gasteiger charge is 2.22. The van der Waals surface area contributed by atoms with E-state index in [9.17, 15) is 0 Å². The van der Waals surface area contributed by atoms with Crippen molar-refractivity contribution in [1.82, 2.24) is 0 Å². The minimum Gasteiger partial charge on any atom is -0.330 e. The lowest BCUT2D eigenvalue weighted by Crippen LogP contribution is -2.27. The van der Waals surface area contributed by atoms with Crippen LogP contribution in [0, 0.1) is 18.8 Å². The van der Waals surface area contributed by atoms with Gasteiger partial charge in [-0.15, -0.1) is 0 Å². The Morgan fingerprint density at radius 1 is 1.24 bits per heavy atom. The van der Waals surface area contributed by atoms with Crippen molar-refractivity contribution in [2.24, 2.45) is 17.6 Å². The third kappa shape index (κ3) is 3.57. The lowest BCUT2D eigenvalue weighted by atomic mass is 9.77. The second kappa shape index (κ2) is 6.20. The molecule has 0 amide bonds. The maximum absolute atomic E-state index is 5.99.